The van der Waals surface area contributed by atoms with Crippen LogP contribution in [-0.4, -0.2) is 29.7 Å². The van der Waals surface area contributed by atoms with E-state index in [1.807, 2.05) is 29.1 Å². The third-order valence-electron chi connectivity index (χ3n) is 3.72. The number of hydrogen-bond acceptors (Lipinski definition) is 5. The molecule has 0 saturated heterocycles. The molecular weight excluding hydrogens is 278 g/mol. The number of aromatic amines is 1. The lowest BCUT2D eigenvalue weighted by Gasteiger charge is -2.13. The number of hydrogen-bond donors (Lipinski definition) is 2. The fraction of sp³-hybridized carbons (Fsp3) is 0.200. The minimum atomic E-state index is 0.363. The summed E-state index contributed by atoms with van der Waals surface area (Å²) in [5, 5.41) is 4.22. The first-order valence-electron chi connectivity index (χ1n) is 7.15. The summed E-state index contributed by atoms with van der Waals surface area (Å²) in [4.78, 5) is 16.5. The lowest BCUT2D eigenvalue weighted by molar-refractivity contribution is 0.789. The van der Waals surface area contributed by atoms with Gasteiger partial charge in [0, 0.05) is 18.8 Å². The van der Waals surface area contributed by atoms with Crippen LogP contribution in [0.1, 0.15) is 23.8 Å². The molecule has 0 amide bonds. The number of rotatable bonds is 3. The molecule has 1 aliphatic heterocycles. The summed E-state index contributed by atoms with van der Waals surface area (Å²) in [7, 11) is 0. The van der Waals surface area contributed by atoms with Crippen LogP contribution in [-0.2, 0) is 13.0 Å². The van der Waals surface area contributed by atoms with Crippen molar-refractivity contribution in [3.8, 4) is 11.4 Å². The highest BCUT2D eigenvalue weighted by Gasteiger charge is 2.20. The SMILES string of the molecule is NCc1nc(-c2ccccn2)c(C2=Cn3ncnc3CC2)[nH]1. The predicted octanol–water partition coefficient (Wildman–Crippen LogP) is 1.47. The van der Waals surface area contributed by atoms with E-state index in [0.717, 1.165) is 47.1 Å². The number of fused-ring (bicyclic) bond motifs is 1. The van der Waals surface area contributed by atoms with Crippen molar-refractivity contribution >= 4 is 11.8 Å². The number of pyridine rings is 1. The van der Waals surface area contributed by atoms with Crippen molar-refractivity contribution in [3.05, 3.63) is 48.1 Å². The minimum absolute atomic E-state index is 0.363. The first-order valence-corrected chi connectivity index (χ1v) is 7.15. The molecule has 0 aromatic carbocycles. The molecule has 3 aromatic rings. The third kappa shape index (κ3) is 2.11. The largest absolute Gasteiger partial charge is 0.341 e. The van der Waals surface area contributed by atoms with Gasteiger partial charge < -0.3 is 10.7 Å². The van der Waals surface area contributed by atoms with Crippen LogP contribution in [0.2, 0.25) is 0 Å². The van der Waals surface area contributed by atoms with Gasteiger partial charge in [0.2, 0.25) is 0 Å². The number of nitrogens with one attached hydrogen (secondary N) is 1. The number of nitrogens with two attached hydrogens (primary N) is 1. The summed E-state index contributed by atoms with van der Waals surface area (Å²) in [5.41, 5.74) is 9.49. The number of nitrogens with zero attached hydrogens (tertiary/aromatic N) is 5. The Balaban J connectivity index is 1.84. The summed E-state index contributed by atoms with van der Waals surface area (Å²) in [6.45, 7) is 0.363. The number of aryl methyl sites for hydroxylation is 1. The molecule has 0 radical (unpaired) electrons. The van der Waals surface area contributed by atoms with Gasteiger partial charge >= 0.3 is 0 Å². The van der Waals surface area contributed by atoms with Crippen molar-refractivity contribution in [3.63, 3.8) is 0 Å². The van der Waals surface area contributed by atoms with E-state index < -0.39 is 0 Å². The molecule has 0 atom stereocenters. The highest BCUT2D eigenvalue weighted by atomic mass is 15.3. The second-order valence-electron chi connectivity index (χ2n) is 5.10. The van der Waals surface area contributed by atoms with Crippen LogP contribution in [0.4, 0.5) is 0 Å². The molecular formula is C15H15N7. The lowest BCUT2D eigenvalue weighted by Crippen LogP contribution is -2.07. The molecule has 22 heavy (non-hydrogen) atoms. The highest BCUT2D eigenvalue weighted by Crippen LogP contribution is 2.30. The van der Waals surface area contributed by atoms with E-state index in [-0.39, 0.29) is 0 Å². The second-order valence-corrected chi connectivity index (χ2v) is 5.10. The molecule has 3 N–H and O–H groups in total. The third-order valence-corrected chi connectivity index (χ3v) is 3.72. The van der Waals surface area contributed by atoms with Gasteiger partial charge in [-0.2, -0.15) is 5.10 Å². The predicted molar refractivity (Wildman–Crippen MR) is 82.2 cm³/mol. The smallest absolute Gasteiger partial charge is 0.138 e. The van der Waals surface area contributed by atoms with Gasteiger partial charge in [-0.3, -0.25) is 4.98 Å². The van der Waals surface area contributed by atoms with Crippen LogP contribution < -0.4 is 5.73 Å². The van der Waals surface area contributed by atoms with Gasteiger partial charge in [0.1, 0.15) is 23.7 Å². The van der Waals surface area contributed by atoms with E-state index in [1.165, 1.54) is 0 Å². The van der Waals surface area contributed by atoms with Gasteiger partial charge in [0.05, 0.1) is 17.9 Å². The average molecular weight is 293 g/mol. The molecule has 0 bridgehead atoms. The monoisotopic (exact) mass is 293 g/mol. The Labute approximate surface area is 126 Å². The van der Waals surface area contributed by atoms with Gasteiger partial charge in [-0.05, 0) is 24.1 Å². The van der Waals surface area contributed by atoms with Crippen LogP contribution >= 0.6 is 0 Å². The van der Waals surface area contributed by atoms with Crippen molar-refractivity contribution in [2.75, 3.05) is 0 Å². The van der Waals surface area contributed by atoms with Crippen molar-refractivity contribution < 1.29 is 0 Å². The molecule has 0 saturated carbocycles. The van der Waals surface area contributed by atoms with Crippen molar-refractivity contribution in [1.29, 1.82) is 0 Å². The Kier molecular flexibility index (Phi) is 3.05. The van der Waals surface area contributed by atoms with E-state index in [1.54, 1.807) is 12.5 Å². The maximum atomic E-state index is 5.74. The first kappa shape index (κ1) is 12.9. The summed E-state index contributed by atoms with van der Waals surface area (Å²) >= 11 is 0. The van der Waals surface area contributed by atoms with Crippen LogP contribution in [0.25, 0.3) is 23.2 Å². The molecule has 0 fully saturated rings. The zero-order valence-corrected chi connectivity index (χ0v) is 11.9. The Morgan fingerprint density at radius 1 is 1.23 bits per heavy atom. The number of allylic oxidation sites excluding steroid dienone is 1. The average Bonchev–Trinajstić information content (AvgIpc) is 3.21. The van der Waals surface area contributed by atoms with Gasteiger partial charge in [-0.15, -0.1) is 0 Å². The number of imidazole rings is 1. The van der Waals surface area contributed by atoms with Crippen LogP contribution in [0.15, 0.2) is 30.7 Å². The number of H-pyrrole nitrogens is 1. The van der Waals surface area contributed by atoms with E-state index in [9.17, 15) is 0 Å². The molecule has 0 unspecified atom stereocenters. The zero-order chi connectivity index (χ0) is 14.9. The van der Waals surface area contributed by atoms with Crippen molar-refractivity contribution in [2.45, 2.75) is 19.4 Å². The van der Waals surface area contributed by atoms with Gasteiger partial charge in [0.25, 0.3) is 0 Å². The van der Waals surface area contributed by atoms with Gasteiger partial charge in [0.15, 0.2) is 0 Å². The molecule has 7 heteroatoms. The first-order chi connectivity index (χ1) is 10.8. The molecule has 0 spiro atoms. The summed E-state index contributed by atoms with van der Waals surface area (Å²) in [6, 6.07) is 5.79. The molecule has 4 heterocycles. The van der Waals surface area contributed by atoms with Crippen molar-refractivity contribution in [2.24, 2.45) is 5.73 Å². The fourth-order valence-corrected chi connectivity index (χ4v) is 2.65. The van der Waals surface area contributed by atoms with E-state index >= 15 is 0 Å². The lowest BCUT2D eigenvalue weighted by atomic mass is 10.0. The summed E-state index contributed by atoms with van der Waals surface area (Å²) < 4.78 is 1.81. The van der Waals surface area contributed by atoms with Crippen LogP contribution in [0.3, 0.4) is 0 Å². The molecule has 110 valence electrons. The summed E-state index contributed by atoms with van der Waals surface area (Å²) in [6.07, 6.45) is 7.06. The molecule has 0 aliphatic carbocycles. The molecule has 3 aromatic heterocycles. The molecule has 1 aliphatic rings. The quantitative estimate of drug-likeness (QED) is 0.762. The summed E-state index contributed by atoms with van der Waals surface area (Å²) in [5.74, 6) is 1.72. The Morgan fingerprint density at radius 2 is 2.18 bits per heavy atom. The van der Waals surface area contributed by atoms with Gasteiger partial charge in [-0.25, -0.2) is 14.6 Å². The van der Waals surface area contributed by atoms with E-state index in [4.69, 9.17) is 5.73 Å². The minimum Gasteiger partial charge on any atom is -0.341 e. The fourth-order valence-electron chi connectivity index (χ4n) is 2.65. The topological polar surface area (TPSA) is 98.3 Å². The molecule has 7 nitrogen and oxygen atoms in total. The van der Waals surface area contributed by atoms with Gasteiger partial charge in [-0.1, -0.05) is 6.07 Å². The normalized spacial score (nSPS) is 13.8. The second kappa shape index (κ2) is 5.19. The Morgan fingerprint density at radius 3 is 3.00 bits per heavy atom. The Hall–Kier alpha value is -2.80. The maximum absolute atomic E-state index is 5.74. The van der Waals surface area contributed by atoms with Crippen LogP contribution in [0.5, 0.6) is 0 Å². The zero-order valence-electron chi connectivity index (χ0n) is 11.9. The van der Waals surface area contributed by atoms with E-state index in [2.05, 4.69) is 25.0 Å². The van der Waals surface area contributed by atoms with Crippen molar-refractivity contribution in [1.82, 2.24) is 29.7 Å². The van der Waals surface area contributed by atoms with E-state index in [0.29, 0.717) is 6.54 Å². The molecule has 4 rings (SSSR count). The standard InChI is InChI=1S/C15H15N7/c16-7-12-20-14(15(21-12)11-3-1-2-6-17-11)10-4-5-13-18-9-19-22(13)8-10/h1-3,6,8-9H,4-5,7,16H2,(H,20,21). The highest BCUT2D eigenvalue weighted by molar-refractivity contribution is 5.82. The maximum Gasteiger partial charge on any atom is 0.138 e. The Bertz CT molecular complexity index is 829. The van der Waals surface area contributed by atoms with Crippen LogP contribution in [0, 0.1) is 0 Å². The number of aromatic nitrogens is 6.